The van der Waals surface area contributed by atoms with Crippen molar-refractivity contribution in [3.8, 4) is 0 Å². The van der Waals surface area contributed by atoms with Crippen molar-refractivity contribution < 1.29 is 4.39 Å². The quantitative estimate of drug-likeness (QED) is 0.762. The van der Waals surface area contributed by atoms with Gasteiger partial charge in [-0.05, 0) is 43.4 Å². The lowest BCUT2D eigenvalue weighted by molar-refractivity contribution is 0.344. The van der Waals surface area contributed by atoms with Gasteiger partial charge >= 0.3 is 0 Å². The molecule has 1 aromatic heterocycles. The lowest BCUT2D eigenvalue weighted by Crippen LogP contribution is -2.20. The summed E-state index contributed by atoms with van der Waals surface area (Å²) in [4.78, 5) is 5.34. The second-order valence-electron chi connectivity index (χ2n) is 5.21. The van der Waals surface area contributed by atoms with E-state index in [0.717, 1.165) is 16.5 Å². The molecule has 1 atom stereocenters. The molecule has 3 aromatic rings. The molecule has 0 saturated carbocycles. The molecule has 0 amide bonds. The molecule has 0 spiro atoms. The van der Waals surface area contributed by atoms with Crippen LogP contribution < -0.4 is 0 Å². The molecule has 3 heteroatoms. The molecule has 0 saturated heterocycles. The zero-order valence-electron chi connectivity index (χ0n) is 11.6. The lowest BCUT2D eigenvalue weighted by atomic mass is 9.97. The summed E-state index contributed by atoms with van der Waals surface area (Å²) in [6, 6.07) is 15.4. The molecule has 0 aliphatic rings. The highest BCUT2D eigenvalue weighted by molar-refractivity contribution is 5.84. The van der Waals surface area contributed by atoms with Crippen molar-refractivity contribution in [1.29, 1.82) is 0 Å². The van der Waals surface area contributed by atoms with Crippen LogP contribution in [-0.4, -0.2) is 24.0 Å². The molecule has 20 heavy (non-hydrogen) atoms. The van der Waals surface area contributed by atoms with Gasteiger partial charge in [0.2, 0.25) is 0 Å². The Labute approximate surface area is 117 Å². The normalized spacial score (nSPS) is 13.0. The van der Waals surface area contributed by atoms with E-state index in [-0.39, 0.29) is 11.9 Å². The molecule has 102 valence electrons. The Morgan fingerprint density at radius 2 is 1.80 bits per heavy atom. The van der Waals surface area contributed by atoms with Gasteiger partial charge in [0.05, 0.1) is 6.04 Å². The fourth-order valence-electron chi connectivity index (χ4n) is 2.74. The van der Waals surface area contributed by atoms with Crippen LogP contribution in [0.15, 0.2) is 54.7 Å². The van der Waals surface area contributed by atoms with Crippen molar-refractivity contribution in [3.05, 3.63) is 71.7 Å². The first-order valence-electron chi connectivity index (χ1n) is 6.65. The van der Waals surface area contributed by atoms with Gasteiger partial charge < -0.3 is 4.98 Å². The molecule has 1 unspecified atom stereocenters. The molecule has 0 aliphatic heterocycles. The molecule has 0 fully saturated rings. The monoisotopic (exact) mass is 268 g/mol. The van der Waals surface area contributed by atoms with Crippen LogP contribution in [0.2, 0.25) is 0 Å². The Balaban J connectivity index is 2.16. The highest BCUT2D eigenvalue weighted by atomic mass is 19.1. The van der Waals surface area contributed by atoms with E-state index in [1.54, 1.807) is 0 Å². The highest BCUT2D eigenvalue weighted by Gasteiger charge is 2.19. The van der Waals surface area contributed by atoms with Gasteiger partial charge in [-0.3, -0.25) is 4.90 Å². The number of H-pyrrole nitrogens is 1. The van der Waals surface area contributed by atoms with Gasteiger partial charge in [-0.1, -0.05) is 30.3 Å². The van der Waals surface area contributed by atoms with Crippen molar-refractivity contribution in [2.75, 3.05) is 14.1 Å². The second-order valence-corrected chi connectivity index (χ2v) is 5.21. The molecule has 0 aliphatic carbocycles. The summed E-state index contributed by atoms with van der Waals surface area (Å²) in [5.41, 5.74) is 3.22. The predicted octanol–water partition coefficient (Wildman–Crippen LogP) is 3.96. The average molecular weight is 268 g/mol. The number of aromatic nitrogens is 1. The molecular formula is C17H17FN2. The number of hydrogen-bond donors (Lipinski definition) is 1. The van der Waals surface area contributed by atoms with Gasteiger partial charge in [-0.2, -0.15) is 0 Å². The highest BCUT2D eigenvalue weighted by Crippen LogP contribution is 2.32. The van der Waals surface area contributed by atoms with Crippen LogP contribution in [0, 0.1) is 5.82 Å². The Morgan fingerprint density at radius 1 is 1.05 bits per heavy atom. The first-order chi connectivity index (χ1) is 9.66. The molecule has 2 nitrogen and oxygen atoms in total. The van der Waals surface area contributed by atoms with E-state index in [2.05, 4.69) is 36.1 Å². The summed E-state index contributed by atoms with van der Waals surface area (Å²) in [5, 5.41) is 1.06. The van der Waals surface area contributed by atoms with Crippen LogP contribution in [0.25, 0.3) is 10.9 Å². The zero-order chi connectivity index (χ0) is 14.1. The van der Waals surface area contributed by atoms with Gasteiger partial charge in [0, 0.05) is 17.1 Å². The van der Waals surface area contributed by atoms with Crippen LogP contribution in [-0.2, 0) is 0 Å². The van der Waals surface area contributed by atoms with E-state index in [9.17, 15) is 4.39 Å². The number of halogens is 1. The van der Waals surface area contributed by atoms with Crippen LogP contribution >= 0.6 is 0 Å². The van der Waals surface area contributed by atoms with Gasteiger partial charge in [-0.25, -0.2) is 4.39 Å². The van der Waals surface area contributed by atoms with Crippen LogP contribution in [0.1, 0.15) is 17.2 Å². The van der Waals surface area contributed by atoms with E-state index in [1.807, 2.05) is 30.5 Å². The van der Waals surface area contributed by atoms with Crippen molar-refractivity contribution >= 4 is 10.9 Å². The molecule has 2 aromatic carbocycles. The number of benzene rings is 2. The maximum atomic E-state index is 13.3. The minimum atomic E-state index is -0.216. The summed E-state index contributed by atoms with van der Waals surface area (Å²) in [6.45, 7) is 0. The third-order valence-corrected chi connectivity index (χ3v) is 3.60. The second kappa shape index (κ2) is 5.10. The molecule has 3 rings (SSSR count). The Hall–Kier alpha value is -2.13. The average Bonchev–Trinajstić information content (AvgIpc) is 2.83. The van der Waals surface area contributed by atoms with Crippen LogP contribution in [0.4, 0.5) is 4.39 Å². The van der Waals surface area contributed by atoms with Crippen LogP contribution in [0.3, 0.4) is 0 Å². The van der Waals surface area contributed by atoms with Crippen molar-refractivity contribution in [2.45, 2.75) is 6.04 Å². The maximum absolute atomic E-state index is 13.3. The lowest BCUT2D eigenvalue weighted by Gasteiger charge is -2.24. The van der Waals surface area contributed by atoms with Gasteiger partial charge in [0.25, 0.3) is 0 Å². The summed E-state index contributed by atoms with van der Waals surface area (Å²) in [7, 11) is 4.11. The third kappa shape index (κ3) is 2.21. The number of rotatable bonds is 3. The molecule has 0 radical (unpaired) electrons. The summed E-state index contributed by atoms with van der Waals surface area (Å²) in [6.07, 6.45) is 1.97. The van der Waals surface area contributed by atoms with E-state index in [4.69, 9.17) is 0 Å². The minimum Gasteiger partial charge on any atom is -0.361 e. The fraction of sp³-hybridized carbons (Fsp3) is 0.176. The largest absolute Gasteiger partial charge is 0.361 e. The molecule has 1 heterocycles. The predicted molar refractivity (Wildman–Crippen MR) is 80.2 cm³/mol. The van der Waals surface area contributed by atoms with Crippen molar-refractivity contribution in [3.63, 3.8) is 0 Å². The van der Waals surface area contributed by atoms with Crippen molar-refractivity contribution in [2.24, 2.45) is 0 Å². The fourth-order valence-corrected chi connectivity index (χ4v) is 2.74. The van der Waals surface area contributed by atoms with Gasteiger partial charge in [-0.15, -0.1) is 0 Å². The molecule has 0 bridgehead atoms. The van der Waals surface area contributed by atoms with E-state index >= 15 is 0 Å². The van der Waals surface area contributed by atoms with E-state index in [0.29, 0.717) is 0 Å². The number of aromatic amines is 1. The first-order valence-corrected chi connectivity index (χ1v) is 6.65. The Morgan fingerprint density at radius 3 is 2.50 bits per heavy atom. The minimum absolute atomic E-state index is 0.149. The number of nitrogens with one attached hydrogen (secondary N) is 1. The summed E-state index contributed by atoms with van der Waals surface area (Å²) >= 11 is 0. The number of hydrogen-bond acceptors (Lipinski definition) is 1. The number of nitrogens with zero attached hydrogens (tertiary/aromatic N) is 1. The molecular weight excluding hydrogens is 251 g/mol. The van der Waals surface area contributed by atoms with Gasteiger partial charge in [0.1, 0.15) is 5.82 Å². The Bertz CT molecular complexity index is 716. The first kappa shape index (κ1) is 12.9. The van der Waals surface area contributed by atoms with Gasteiger partial charge in [0.15, 0.2) is 0 Å². The Kier molecular flexibility index (Phi) is 3.28. The van der Waals surface area contributed by atoms with E-state index < -0.39 is 0 Å². The SMILES string of the molecule is CN(C)C(c1ccccc1)c1c[nH]c2cc(F)ccc12. The maximum Gasteiger partial charge on any atom is 0.125 e. The number of fused-ring (bicyclic) bond motifs is 1. The van der Waals surface area contributed by atoms with Crippen LogP contribution in [0.5, 0.6) is 0 Å². The smallest absolute Gasteiger partial charge is 0.125 e. The zero-order valence-corrected chi connectivity index (χ0v) is 11.6. The van der Waals surface area contributed by atoms with E-state index in [1.165, 1.54) is 17.7 Å². The standard InChI is InChI=1S/C17H17FN2/c1-20(2)17(12-6-4-3-5-7-12)15-11-19-16-10-13(18)8-9-14(15)16/h3-11,17,19H,1-2H3. The molecule has 1 N–H and O–H groups in total. The van der Waals surface area contributed by atoms with Crippen molar-refractivity contribution in [1.82, 2.24) is 9.88 Å². The summed E-state index contributed by atoms with van der Waals surface area (Å²) < 4.78 is 13.3. The topological polar surface area (TPSA) is 19.0 Å². The summed E-state index contributed by atoms with van der Waals surface area (Å²) in [5.74, 6) is -0.216. The third-order valence-electron chi connectivity index (χ3n) is 3.60.